The number of rotatable bonds is 10. The predicted molar refractivity (Wildman–Crippen MR) is 75.0 cm³/mol. The molecule has 2 atom stereocenters. The van der Waals surface area contributed by atoms with Gasteiger partial charge in [-0.15, -0.1) is 0 Å². The minimum Gasteiger partial charge on any atom is -0.383 e. The van der Waals surface area contributed by atoms with Gasteiger partial charge in [0.2, 0.25) is 0 Å². The van der Waals surface area contributed by atoms with Gasteiger partial charge in [-0.2, -0.15) is 0 Å². The zero-order valence-corrected chi connectivity index (χ0v) is 12.3. The lowest BCUT2D eigenvalue weighted by Crippen LogP contribution is -2.35. The summed E-state index contributed by atoms with van der Waals surface area (Å²) in [7, 11) is 1.76. The van der Waals surface area contributed by atoms with Gasteiger partial charge in [-0.1, -0.05) is 13.8 Å². The highest BCUT2D eigenvalue weighted by molar-refractivity contribution is 4.77. The first kappa shape index (κ1) is 15.9. The molecule has 0 aromatic heterocycles. The van der Waals surface area contributed by atoms with Crippen molar-refractivity contribution in [3.63, 3.8) is 0 Å². The van der Waals surface area contributed by atoms with Crippen molar-refractivity contribution < 1.29 is 9.47 Å². The van der Waals surface area contributed by atoms with Gasteiger partial charge in [0.25, 0.3) is 0 Å². The van der Waals surface area contributed by atoms with Crippen LogP contribution in [0.25, 0.3) is 0 Å². The van der Waals surface area contributed by atoms with E-state index in [0.717, 1.165) is 39.3 Å². The van der Waals surface area contributed by atoms with E-state index in [0.29, 0.717) is 12.2 Å². The quantitative estimate of drug-likeness (QED) is 0.602. The highest BCUT2D eigenvalue weighted by atomic mass is 16.5. The molecule has 0 aromatic carbocycles. The monoisotopic (exact) mass is 258 g/mol. The lowest BCUT2D eigenvalue weighted by atomic mass is 10.2. The highest BCUT2D eigenvalue weighted by Crippen LogP contribution is 2.20. The van der Waals surface area contributed by atoms with Crippen LogP contribution in [0.4, 0.5) is 0 Å². The SMILES string of the molecule is CCCNCC1CCC(CN(CC)CCOC)O1. The number of nitrogens with one attached hydrogen (secondary N) is 1. The third kappa shape index (κ3) is 6.14. The van der Waals surface area contributed by atoms with Gasteiger partial charge in [0.05, 0.1) is 18.8 Å². The Kier molecular flexibility index (Phi) is 8.59. The summed E-state index contributed by atoms with van der Waals surface area (Å²) in [5, 5.41) is 3.44. The normalized spacial score (nSPS) is 24.0. The summed E-state index contributed by atoms with van der Waals surface area (Å²) in [5.74, 6) is 0. The number of ether oxygens (including phenoxy) is 2. The molecule has 2 unspecified atom stereocenters. The summed E-state index contributed by atoms with van der Waals surface area (Å²) in [6.07, 6.45) is 4.42. The van der Waals surface area contributed by atoms with E-state index in [-0.39, 0.29) is 0 Å². The van der Waals surface area contributed by atoms with Gasteiger partial charge >= 0.3 is 0 Å². The molecule has 1 saturated heterocycles. The van der Waals surface area contributed by atoms with Crippen molar-refractivity contribution in [1.29, 1.82) is 0 Å². The number of nitrogens with zero attached hydrogens (tertiary/aromatic N) is 1. The molecule has 4 heteroatoms. The Morgan fingerprint density at radius 2 is 2.06 bits per heavy atom. The zero-order valence-electron chi connectivity index (χ0n) is 12.3. The Balaban J connectivity index is 2.15. The van der Waals surface area contributed by atoms with Gasteiger partial charge in [0, 0.05) is 26.7 Å². The maximum Gasteiger partial charge on any atom is 0.0707 e. The van der Waals surface area contributed by atoms with Crippen LogP contribution in [0.1, 0.15) is 33.1 Å². The standard InChI is InChI=1S/C14H30N2O2/c1-4-8-15-11-13-6-7-14(18-13)12-16(5-2)9-10-17-3/h13-15H,4-12H2,1-3H3. The first-order valence-electron chi connectivity index (χ1n) is 7.37. The molecule has 1 heterocycles. The third-order valence-corrected chi connectivity index (χ3v) is 3.51. The van der Waals surface area contributed by atoms with Crippen LogP contribution in [-0.2, 0) is 9.47 Å². The molecule has 0 aliphatic carbocycles. The molecule has 1 N–H and O–H groups in total. The van der Waals surface area contributed by atoms with Crippen LogP contribution in [0.2, 0.25) is 0 Å². The minimum atomic E-state index is 0.412. The fraction of sp³-hybridized carbons (Fsp3) is 1.00. The third-order valence-electron chi connectivity index (χ3n) is 3.51. The molecule has 0 spiro atoms. The topological polar surface area (TPSA) is 33.7 Å². The maximum absolute atomic E-state index is 6.08. The molecule has 1 rings (SSSR count). The summed E-state index contributed by atoms with van der Waals surface area (Å²) in [5.41, 5.74) is 0. The van der Waals surface area contributed by atoms with Gasteiger partial charge < -0.3 is 14.8 Å². The van der Waals surface area contributed by atoms with E-state index in [2.05, 4.69) is 24.1 Å². The van der Waals surface area contributed by atoms with E-state index < -0.39 is 0 Å². The molecule has 1 aliphatic heterocycles. The van der Waals surface area contributed by atoms with Crippen molar-refractivity contribution in [2.24, 2.45) is 0 Å². The average molecular weight is 258 g/mol. The van der Waals surface area contributed by atoms with Crippen molar-refractivity contribution in [2.75, 3.05) is 46.4 Å². The predicted octanol–water partition coefficient (Wildman–Crippen LogP) is 1.50. The van der Waals surface area contributed by atoms with Crippen LogP contribution in [0.5, 0.6) is 0 Å². The number of methoxy groups -OCH3 is 1. The van der Waals surface area contributed by atoms with Gasteiger partial charge in [-0.05, 0) is 32.4 Å². The second-order valence-corrected chi connectivity index (χ2v) is 5.05. The van der Waals surface area contributed by atoms with Crippen molar-refractivity contribution in [3.8, 4) is 0 Å². The maximum atomic E-state index is 6.08. The van der Waals surface area contributed by atoms with E-state index in [9.17, 15) is 0 Å². The zero-order chi connectivity index (χ0) is 13.2. The van der Waals surface area contributed by atoms with Gasteiger partial charge in [-0.25, -0.2) is 0 Å². The largest absolute Gasteiger partial charge is 0.383 e. The summed E-state index contributed by atoms with van der Waals surface area (Å²) in [6, 6.07) is 0. The Bertz CT molecular complexity index is 202. The Morgan fingerprint density at radius 3 is 2.72 bits per heavy atom. The molecular weight excluding hydrogens is 228 g/mol. The van der Waals surface area contributed by atoms with Crippen molar-refractivity contribution >= 4 is 0 Å². The van der Waals surface area contributed by atoms with Crippen LogP contribution < -0.4 is 5.32 Å². The first-order chi connectivity index (χ1) is 8.80. The highest BCUT2D eigenvalue weighted by Gasteiger charge is 2.25. The van der Waals surface area contributed by atoms with E-state index >= 15 is 0 Å². The van der Waals surface area contributed by atoms with Gasteiger partial charge in [0.1, 0.15) is 0 Å². The van der Waals surface area contributed by atoms with E-state index in [1.165, 1.54) is 19.3 Å². The fourth-order valence-electron chi connectivity index (χ4n) is 2.39. The van der Waals surface area contributed by atoms with E-state index in [4.69, 9.17) is 9.47 Å². The molecule has 0 aromatic rings. The van der Waals surface area contributed by atoms with E-state index in [1.54, 1.807) is 7.11 Å². The Hall–Kier alpha value is -0.160. The summed E-state index contributed by atoms with van der Waals surface area (Å²) in [4.78, 5) is 2.41. The molecular formula is C14H30N2O2. The molecule has 0 radical (unpaired) electrons. The molecule has 4 nitrogen and oxygen atoms in total. The van der Waals surface area contributed by atoms with E-state index in [1.807, 2.05) is 0 Å². The van der Waals surface area contributed by atoms with Gasteiger partial charge in [0.15, 0.2) is 0 Å². The summed E-state index contributed by atoms with van der Waals surface area (Å²) < 4.78 is 11.2. The number of likely N-dealkylation sites (N-methyl/N-ethyl adjacent to an activating group) is 1. The van der Waals surface area contributed by atoms with Crippen LogP contribution in [0.15, 0.2) is 0 Å². The number of hydrogen-bond donors (Lipinski definition) is 1. The fourth-order valence-corrected chi connectivity index (χ4v) is 2.39. The molecule has 0 saturated carbocycles. The first-order valence-corrected chi connectivity index (χ1v) is 7.37. The summed E-state index contributed by atoms with van der Waals surface area (Å²) in [6.45, 7) is 10.4. The van der Waals surface area contributed by atoms with Crippen molar-refractivity contribution in [2.45, 2.75) is 45.3 Å². The average Bonchev–Trinajstić information content (AvgIpc) is 2.82. The van der Waals surface area contributed by atoms with Crippen molar-refractivity contribution in [1.82, 2.24) is 10.2 Å². The lowest BCUT2D eigenvalue weighted by molar-refractivity contribution is 0.0199. The molecule has 0 bridgehead atoms. The van der Waals surface area contributed by atoms with Crippen LogP contribution in [0.3, 0.4) is 0 Å². The molecule has 1 fully saturated rings. The Morgan fingerprint density at radius 1 is 1.28 bits per heavy atom. The molecule has 0 amide bonds. The van der Waals surface area contributed by atoms with Crippen LogP contribution in [-0.4, -0.2) is 63.5 Å². The Labute approximate surface area is 112 Å². The second-order valence-electron chi connectivity index (χ2n) is 5.05. The van der Waals surface area contributed by atoms with Gasteiger partial charge in [-0.3, -0.25) is 4.90 Å². The minimum absolute atomic E-state index is 0.412. The lowest BCUT2D eigenvalue weighted by Gasteiger charge is -2.24. The summed E-state index contributed by atoms with van der Waals surface area (Å²) >= 11 is 0. The molecule has 108 valence electrons. The number of hydrogen-bond acceptors (Lipinski definition) is 4. The smallest absolute Gasteiger partial charge is 0.0707 e. The second kappa shape index (κ2) is 9.73. The van der Waals surface area contributed by atoms with Crippen molar-refractivity contribution in [3.05, 3.63) is 0 Å². The molecule has 1 aliphatic rings. The van der Waals surface area contributed by atoms with Crippen LogP contribution in [0, 0.1) is 0 Å². The molecule has 18 heavy (non-hydrogen) atoms. The van der Waals surface area contributed by atoms with Crippen LogP contribution >= 0.6 is 0 Å².